The maximum absolute atomic E-state index is 12.9. The Bertz CT molecular complexity index is 2040. The van der Waals surface area contributed by atoms with Crippen LogP contribution in [-0.4, -0.2) is 164 Å². The van der Waals surface area contributed by atoms with E-state index in [9.17, 15) is 52.5 Å². The minimum atomic E-state index is -1.94. The molecule has 7 amide bonds. The van der Waals surface area contributed by atoms with Crippen molar-refractivity contribution in [2.24, 2.45) is 5.73 Å². The van der Waals surface area contributed by atoms with Crippen molar-refractivity contribution >= 4 is 78.6 Å². The molecule has 2 radical (unpaired) electrons. The van der Waals surface area contributed by atoms with E-state index in [-0.39, 0.29) is 89.3 Å². The number of hydrogen-bond acceptors (Lipinski definition) is 18. The zero-order valence-electron chi connectivity index (χ0n) is 39.4. The van der Waals surface area contributed by atoms with Crippen LogP contribution >= 0.6 is 0 Å². The van der Waals surface area contributed by atoms with Gasteiger partial charge in [0.15, 0.2) is 11.2 Å². The van der Waals surface area contributed by atoms with Crippen LogP contribution in [0.2, 0.25) is 0 Å². The van der Waals surface area contributed by atoms with Crippen molar-refractivity contribution in [3.63, 3.8) is 0 Å². The van der Waals surface area contributed by atoms with Gasteiger partial charge in [-0.1, -0.05) is 31.5 Å². The van der Waals surface area contributed by atoms with Gasteiger partial charge in [0.25, 0.3) is 11.8 Å². The van der Waals surface area contributed by atoms with E-state index in [2.05, 4.69) is 54.9 Å². The summed E-state index contributed by atoms with van der Waals surface area (Å²) in [4.78, 5) is 103. The van der Waals surface area contributed by atoms with E-state index in [1.165, 1.54) is 36.6 Å². The monoisotopic (exact) mass is 1010 g/mol. The maximum atomic E-state index is 12.9. The van der Waals surface area contributed by atoms with Gasteiger partial charge >= 0.3 is 18.1 Å². The van der Waals surface area contributed by atoms with E-state index in [0.29, 0.717) is 48.2 Å². The number of carboxylic acid groups (broad SMARTS) is 1. The normalized spacial score (nSPS) is 12.8. The third kappa shape index (κ3) is 27.4. The molecule has 3 atom stereocenters. The number of carbonyl (C=O) groups excluding carboxylic acids is 8. The topological polar surface area (TPSA) is 369 Å². The zero-order chi connectivity index (χ0) is 52.3. The molecule has 0 aliphatic carbocycles. The van der Waals surface area contributed by atoms with E-state index in [1.54, 1.807) is 25.2 Å². The van der Waals surface area contributed by atoms with Gasteiger partial charge in [0.05, 0.1) is 70.8 Å². The van der Waals surface area contributed by atoms with Gasteiger partial charge in [0.2, 0.25) is 25.5 Å². The second-order valence-electron chi connectivity index (χ2n) is 14.3. The van der Waals surface area contributed by atoms with E-state index in [4.69, 9.17) is 37.3 Å². The molecule has 3 rings (SSSR count). The molecule has 0 saturated heterocycles. The standard InChI is InChI=1S/C27H40BN9O11S.C11H14N2O5.C3H8/c1-30-22(4-3-7-31-26(29)42)24(40)33-19-6-5-17(14-47-25(28)41)18(10-19)13-46-15-20-12-37(36-34-20)21(11-23(38)39)16-48-27(43)35-49(44)32-8-9-45-2;14-6-4-12-9(15)3-7-18-8-5-13-10(16)1-2-11(13)17;1-3-2/h5-6,10,12,21-22,30,32H,3-4,7-9,11,13-16H2,1-2H3,(H,33,40)(H,35,43)(H,38,39)(H3,29,31,42);1-2,6H,3-5,7-8H2,(H,12,15);3H2,1-2H3. The molecule has 2 heterocycles. The summed E-state index contributed by atoms with van der Waals surface area (Å²) in [5, 5.41) is 27.8. The van der Waals surface area contributed by atoms with Crippen LogP contribution in [0.3, 0.4) is 0 Å². The van der Waals surface area contributed by atoms with Crippen LogP contribution in [0, 0.1) is 0 Å². The second-order valence-corrected chi connectivity index (χ2v) is 15.4. The molecule has 1 aliphatic rings. The first-order valence-corrected chi connectivity index (χ1v) is 22.8. The Morgan fingerprint density at radius 2 is 1.67 bits per heavy atom. The largest absolute Gasteiger partial charge is 0.481 e. The molecule has 3 unspecified atom stereocenters. The third-order valence-electron chi connectivity index (χ3n) is 8.67. The Balaban J connectivity index is 0.000000965. The molecule has 27 nitrogen and oxygen atoms in total. The van der Waals surface area contributed by atoms with Gasteiger partial charge in [-0.25, -0.2) is 27.9 Å². The number of carboxylic acids is 1. The van der Waals surface area contributed by atoms with Crippen LogP contribution in [0.25, 0.3) is 0 Å². The number of aldehydes is 1. The van der Waals surface area contributed by atoms with Gasteiger partial charge in [-0.15, -0.1) is 5.10 Å². The highest BCUT2D eigenvalue weighted by atomic mass is 32.2. The molecule has 2 aromatic rings. The Labute approximate surface area is 408 Å². The number of urea groups is 1. The van der Waals surface area contributed by atoms with Crippen molar-refractivity contribution in [2.45, 2.75) is 77.9 Å². The van der Waals surface area contributed by atoms with Gasteiger partial charge in [-0.05, 0) is 43.1 Å². The first-order chi connectivity index (χ1) is 33.5. The number of likely N-dealkylation sites (N-methyl/N-ethyl adjacent to an activating group) is 1. The van der Waals surface area contributed by atoms with Crippen molar-refractivity contribution in [2.75, 3.05) is 72.1 Å². The molecule has 0 fully saturated rings. The number of primary amides is 1. The van der Waals surface area contributed by atoms with Gasteiger partial charge < -0.3 is 60.6 Å². The van der Waals surface area contributed by atoms with E-state index in [0.717, 1.165) is 4.90 Å². The summed E-state index contributed by atoms with van der Waals surface area (Å²) >= 11 is -1.94. The zero-order valence-corrected chi connectivity index (χ0v) is 40.2. The van der Waals surface area contributed by atoms with Crippen molar-refractivity contribution in [3.05, 3.63) is 53.4 Å². The van der Waals surface area contributed by atoms with Crippen LogP contribution in [0.1, 0.15) is 68.8 Å². The Morgan fingerprint density at radius 1 is 0.957 bits per heavy atom. The lowest BCUT2D eigenvalue weighted by Gasteiger charge is -2.17. The Hall–Kier alpha value is -6.66. The summed E-state index contributed by atoms with van der Waals surface area (Å²) in [6.07, 6.45) is 5.22. The number of amides is 7. The molecule has 1 aromatic carbocycles. The van der Waals surface area contributed by atoms with Crippen molar-refractivity contribution in [3.8, 4) is 0 Å². The lowest BCUT2D eigenvalue weighted by molar-refractivity contribution is -0.139. The molecular weight excluding hydrogens is 945 g/mol. The van der Waals surface area contributed by atoms with Crippen LogP contribution in [0.4, 0.5) is 20.1 Å². The third-order valence-corrected chi connectivity index (χ3v) is 9.48. The lowest BCUT2D eigenvalue weighted by Crippen LogP contribution is -2.39. The van der Waals surface area contributed by atoms with Gasteiger partial charge in [0.1, 0.15) is 25.2 Å². The molecule has 0 spiro atoms. The van der Waals surface area contributed by atoms with Gasteiger partial charge in [-0.2, -0.15) is 0 Å². The van der Waals surface area contributed by atoms with Crippen LogP contribution in [0.5, 0.6) is 0 Å². The summed E-state index contributed by atoms with van der Waals surface area (Å²) in [5.41, 5.74) is 6.91. The molecule has 9 N–H and O–H groups in total. The molecule has 1 aliphatic heterocycles. The number of nitrogens with one attached hydrogen (secondary N) is 6. The fourth-order valence-corrected chi connectivity index (χ4v) is 5.95. The van der Waals surface area contributed by atoms with Crippen LogP contribution < -0.4 is 36.4 Å². The summed E-state index contributed by atoms with van der Waals surface area (Å²) < 4.78 is 43.3. The van der Waals surface area contributed by atoms with E-state index < -0.39 is 60.2 Å². The number of aliphatic carboxylic acids is 1. The molecule has 0 saturated carbocycles. The number of imide groups is 1. The highest BCUT2D eigenvalue weighted by molar-refractivity contribution is 7.81. The predicted octanol–water partition coefficient (Wildman–Crippen LogP) is -0.619. The number of nitrogens with zero attached hydrogens (tertiary/aromatic N) is 4. The van der Waals surface area contributed by atoms with Gasteiger partial charge in [0, 0.05) is 44.5 Å². The molecule has 0 bridgehead atoms. The molecule has 1 aromatic heterocycles. The molecule has 29 heteroatoms. The van der Waals surface area contributed by atoms with Crippen molar-refractivity contribution < 1.29 is 76.2 Å². The van der Waals surface area contributed by atoms with Crippen LogP contribution in [0.15, 0.2) is 36.5 Å². The number of anilines is 1. The summed E-state index contributed by atoms with van der Waals surface area (Å²) in [6.45, 7) is 4.85. The second kappa shape index (κ2) is 36.3. The Kier molecular flexibility index (Phi) is 31.9. The number of carbonyl (C=O) groups is 9. The number of benzene rings is 1. The summed E-state index contributed by atoms with van der Waals surface area (Å²) in [7, 11) is 8.21. The van der Waals surface area contributed by atoms with Crippen molar-refractivity contribution in [1.82, 2.24) is 45.3 Å². The fourth-order valence-electron chi connectivity index (χ4n) is 5.40. The smallest absolute Gasteiger partial charge is 0.420 e. The predicted molar refractivity (Wildman–Crippen MR) is 249 cm³/mol. The number of nitrogens with two attached hydrogens (primary N) is 1. The summed E-state index contributed by atoms with van der Waals surface area (Å²) in [6, 6.07) is 2.74. The van der Waals surface area contributed by atoms with Crippen molar-refractivity contribution in [1.29, 1.82) is 0 Å². The SMILES string of the molecule is CCC.O=CCNC(=O)CCOCCN1C(=O)C=CC1=O.[B]C(=O)OCc1ccc(NC(=O)C(CCCNC(N)=O)NC)cc1COCc1cn(C(COC(=O)NS(=O)NCCOC)CC(=O)O)nn1. The first kappa shape index (κ1) is 61.4. The van der Waals surface area contributed by atoms with E-state index >= 15 is 0 Å². The van der Waals surface area contributed by atoms with Crippen LogP contribution in [-0.2, 0) is 83.4 Å². The molecule has 70 heavy (non-hydrogen) atoms. The minimum absolute atomic E-state index is 0.0126. The average Bonchev–Trinajstić information content (AvgIpc) is 3.91. The average molecular weight is 1010 g/mol. The number of hydrogen-bond donors (Lipinski definition) is 8. The summed E-state index contributed by atoms with van der Waals surface area (Å²) in [5.74, 6) is -3.48. The maximum Gasteiger partial charge on any atom is 0.420 e. The first-order valence-electron chi connectivity index (χ1n) is 21.6. The highest BCUT2D eigenvalue weighted by Crippen LogP contribution is 2.20. The lowest BCUT2D eigenvalue weighted by atomic mass is 10.1. The fraction of sp³-hybridized carbons (Fsp3) is 0.537. The minimum Gasteiger partial charge on any atom is -0.481 e. The number of rotatable bonds is 31. The van der Waals surface area contributed by atoms with E-state index in [1.807, 2.05) is 0 Å². The Morgan fingerprint density at radius 3 is 2.30 bits per heavy atom. The molecular formula is C41H62BN11O16S. The number of aromatic nitrogens is 3. The number of methoxy groups -OCH3 is 1. The quantitative estimate of drug-likeness (QED) is 0.0202. The number of ether oxygens (including phenoxy) is 5. The molecule has 386 valence electrons. The van der Waals surface area contributed by atoms with Gasteiger partial charge in [-0.3, -0.25) is 33.7 Å². The highest BCUT2D eigenvalue weighted by Gasteiger charge is 2.23.